The molecule has 2 aromatic carbocycles. The summed E-state index contributed by atoms with van der Waals surface area (Å²) in [5.74, 6) is -1.06. The quantitative estimate of drug-likeness (QED) is 0.671. The van der Waals surface area contributed by atoms with Gasteiger partial charge in [-0.3, -0.25) is 24.6 Å². The summed E-state index contributed by atoms with van der Waals surface area (Å²) in [4.78, 5) is 40.1. The highest BCUT2D eigenvalue weighted by Crippen LogP contribution is 2.34. The van der Waals surface area contributed by atoms with Crippen LogP contribution in [0.15, 0.2) is 42.4 Å². The van der Waals surface area contributed by atoms with E-state index in [1.54, 1.807) is 23.1 Å². The Balaban J connectivity index is 1.38. The number of benzene rings is 2. The van der Waals surface area contributed by atoms with Crippen LogP contribution in [0.5, 0.6) is 5.75 Å². The zero-order valence-corrected chi connectivity index (χ0v) is 17.9. The Morgan fingerprint density at radius 1 is 1.12 bits per heavy atom. The summed E-state index contributed by atoms with van der Waals surface area (Å²) in [6.45, 7) is -0.527. The van der Waals surface area contributed by atoms with Crippen molar-refractivity contribution in [2.75, 3.05) is 26.3 Å². The van der Waals surface area contributed by atoms with E-state index in [-0.39, 0.29) is 66.2 Å². The van der Waals surface area contributed by atoms with Gasteiger partial charge in [0.05, 0.1) is 25.2 Å². The maximum absolute atomic E-state index is 13.1. The van der Waals surface area contributed by atoms with E-state index < -0.39 is 25.1 Å². The van der Waals surface area contributed by atoms with Crippen LogP contribution in [0.2, 0.25) is 0 Å². The molecule has 0 saturated carbocycles. The predicted octanol–water partition coefficient (Wildman–Crippen LogP) is 1.86. The number of carbonyl (C=O) groups is 3. The molecule has 0 spiro atoms. The number of morpholine rings is 1. The lowest BCUT2D eigenvalue weighted by atomic mass is 10.0. The van der Waals surface area contributed by atoms with E-state index in [2.05, 4.69) is 5.32 Å². The first-order chi connectivity index (χ1) is 18.2. The molecule has 2 fully saturated rings. The third-order valence-corrected chi connectivity index (χ3v) is 5.93. The van der Waals surface area contributed by atoms with Gasteiger partial charge >= 0.3 is 0 Å². The van der Waals surface area contributed by atoms with Gasteiger partial charge in [-0.25, -0.2) is 0 Å². The normalized spacial score (nSPS) is 25.2. The highest BCUT2D eigenvalue weighted by Gasteiger charge is 2.40. The molecule has 3 atom stereocenters. The average Bonchev–Trinajstić information content (AvgIpc) is 3.23. The topological polar surface area (TPSA) is 88.2 Å². The van der Waals surface area contributed by atoms with Crippen LogP contribution in [0, 0.1) is 0 Å². The van der Waals surface area contributed by atoms with E-state index in [0.717, 1.165) is 0 Å². The molecular formula is C25H27N3O5. The van der Waals surface area contributed by atoms with Crippen LogP contribution in [0.3, 0.4) is 0 Å². The lowest BCUT2D eigenvalue weighted by Crippen LogP contribution is -2.52. The predicted molar refractivity (Wildman–Crippen MR) is 119 cm³/mol. The third-order valence-electron chi connectivity index (χ3n) is 5.93. The number of carbonyl (C=O) groups excluding carboxylic acids is 3. The fourth-order valence-corrected chi connectivity index (χ4v) is 4.18. The van der Waals surface area contributed by atoms with Gasteiger partial charge in [0.2, 0.25) is 11.8 Å². The molecule has 0 radical (unpaired) electrons. The smallest absolute Gasteiger partial charge is 0.255 e. The highest BCUT2D eigenvalue weighted by atomic mass is 16.5. The highest BCUT2D eigenvalue weighted by molar-refractivity contribution is 6.05. The lowest BCUT2D eigenvalue weighted by molar-refractivity contribution is -0.136. The van der Waals surface area contributed by atoms with E-state index in [1.165, 1.54) is 11.0 Å². The molecule has 0 bridgehead atoms. The maximum atomic E-state index is 13.1. The maximum Gasteiger partial charge on any atom is 0.255 e. The van der Waals surface area contributed by atoms with E-state index >= 15 is 0 Å². The lowest BCUT2D eigenvalue weighted by Gasteiger charge is -2.29. The number of hydrogen-bond acceptors (Lipinski definition) is 6. The summed E-state index contributed by atoms with van der Waals surface area (Å²) in [5, 5.41) is 2.26. The number of nitrogens with zero attached hydrogens (tertiary/aromatic N) is 2. The van der Waals surface area contributed by atoms with Gasteiger partial charge in [-0.05, 0) is 29.7 Å². The standard InChI is InChI=1S/C25H27N3O5/c29-23-9-8-21(24(30)26-23)28-15-20-19(25(28)31)2-1-3-22(20)33-16-18-6-4-17(5-7-18)14-27-10-12-32-13-11-27/h1-7,21H,8-16H2,(H,26,29,30)/i4D,5D,6D,14D,16D. The van der Waals surface area contributed by atoms with Crippen LogP contribution >= 0.6 is 0 Å². The number of rotatable bonds is 6. The Bertz CT molecular complexity index is 1300. The monoisotopic (exact) mass is 454 g/mol. The largest absolute Gasteiger partial charge is 0.489 e. The van der Waals surface area contributed by atoms with Crippen molar-refractivity contribution < 1.29 is 30.7 Å². The summed E-state index contributed by atoms with van der Waals surface area (Å²) in [5.41, 5.74) is 0.907. The number of fused-ring (bicyclic) bond motifs is 1. The van der Waals surface area contributed by atoms with Crippen molar-refractivity contribution in [2.45, 2.75) is 38.5 Å². The van der Waals surface area contributed by atoms with Crippen LogP contribution in [0.1, 0.15) is 46.7 Å². The van der Waals surface area contributed by atoms with Crippen LogP contribution < -0.4 is 10.1 Å². The minimum Gasteiger partial charge on any atom is -0.489 e. The van der Waals surface area contributed by atoms with Crippen molar-refractivity contribution >= 4 is 17.7 Å². The van der Waals surface area contributed by atoms with Gasteiger partial charge in [0, 0.05) is 38.5 Å². The van der Waals surface area contributed by atoms with Crippen molar-refractivity contribution in [3.05, 3.63) is 64.6 Å². The molecule has 2 aromatic rings. The Kier molecular flexibility index (Phi) is 4.63. The van der Waals surface area contributed by atoms with Crippen LogP contribution in [-0.2, 0) is 34.0 Å². The molecule has 172 valence electrons. The Hall–Kier alpha value is -3.23. The first-order valence-corrected chi connectivity index (χ1v) is 10.9. The fourth-order valence-electron chi connectivity index (χ4n) is 4.18. The first-order valence-electron chi connectivity index (χ1n) is 13.5. The minimum atomic E-state index is -1.47. The van der Waals surface area contributed by atoms with Crippen molar-refractivity contribution in [1.82, 2.24) is 15.1 Å². The molecule has 5 rings (SSSR count). The van der Waals surface area contributed by atoms with Crippen molar-refractivity contribution in [1.29, 1.82) is 0 Å². The molecule has 3 amide bonds. The van der Waals surface area contributed by atoms with Gasteiger partial charge < -0.3 is 14.4 Å². The SMILES string of the molecule is [2H]c1cc(C([2H])Oc2cccc3c2CN(C2CCC(=O)NC2=O)C3=O)c([2H])c([2H])c1C([2H])N1CCOCC1. The molecule has 8 heteroatoms. The third kappa shape index (κ3) is 4.62. The Morgan fingerprint density at radius 2 is 1.94 bits per heavy atom. The van der Waals surface area contributed by atoms with Crippen molar-refractivity contribution in [3.63, 3.8) is 0 Å². The van der Waals surface area contributed by atoms with Gasteiger partial charge in [0.1, 0.15) is 18.4 Å². The summed E-state index contributed by atoms with van der Waals surface area (Å²) in [6.07, 6.45) is 0.350. The Morgan fingerprint density at radius 3 is 2.76 bits per heavy atom. The summed E-state index contributed by atoms with van der Waals surface area (Å²) in [6, 6.07) is 4.57. The second-order valence-electron chi connectivity index (χ2n) is 8.10. The number of piperidine rings is 1. The Labute approximate surface area is 199 Å². The molecule has 33 heavy (non-hydrogen) atoms. The number of ether oxygens (including phenoxy) is 2. The second-order valence-corrected chi connectivity index (χ2v) is 8.10. The fraction of sp³-hybridized carbons (Fsp3) is 0.400. The number of imide groups is 1. The summed E-state index contributed by atoms with van der Waals surface area (Å²) >= 11 is 0. The number of nitrogens with one attached hydrogen (secondary N) is 1. The molecule has 1 N–H and O–H groups in total. The molecule has 0 aromatic heterocycles. The van der Waals surface area contributed by atoms with E-state index in [9.17, 15) is 14.4 Å². The second kappa shape index (κ2) is 9.33. The van der Waals surface area contributed by atoms with Crippen molar-refractivity contribution in [2.24, 2.45) is 0 Å². The van der Waals surface area contributed by atoms with E-state index in [0.29, 0.717) is 37.4 Å². The first kappa shape index (κ1) is 16.4. The van der Waals surface area contributed by atoms with Gasteiger partial charge in [0.15, 0.2) is 0 Å². The average molecular weight is 455 g/mol. The molecule has 3 aliphatic heterocycles. The van der Waals surface area contributed by atoms with Crippen molar-refractivity contribution in [3.8, 4) is 5.75 Å². The van der Waals surface area contributed by atoms with Gasteiger partial charge in [0.25, 0.3) is 5.91 Å². The zero-order valence-electron chi connectivity index (χ0n) is 22.9. The van der Waals surface area contributed by atoms with Gasteiger partial charge in [-0.1, -0.05) is 30.3 Å². The number of amides is 3. The molecule has 3 aliphatic rings. The van der Waals surface area contributed by atoms with E-state index in [4.69, 9.17) is 16.3 Å². The summed E-state index contributed by atoms with van der Waals surface area (Å²) in [7, 11) is 0. The van der Waals surface area contributed by atoms with Crippen LogP contribution in [0.25, 0.3) is 0 Å². The van der Waals surface area contributed by atoms with Gasteiger partial charge in [-0.15, -0.1) is 0 Å². The zero-order chi connectivity index (χ0) is 27.1. The molecule has 8 nitrogen and oxygen atoms in total. The van der Waals surface area contributed by atoms with Crippen LogP contribution in [0.4, 0.5) is 0 Å². The molecule has 2 saturated heterocycles. The minimum absolute atomic E-state index is 0.00174. The van der Waals surface area contributed by atoms with Crippen LogP contribution in [-0.4, -0.2) is 59.9 Å². The van der Waals surface area contributed by atoms with E-state index in [1.807, 2.05) is 0 Å². The molecule has 3 unspecified atom stereocenters. The molecular weight excluding hydrogens is 422 g/mol. The van der Waals surface area contributed by atoms with Gasteiger partial charge in [-0.2, -0.15) is 0 Å². The molecule has 3 heterocycles. The molecule has 0 aliphatic carbocycles. The summed E-state index contributed by atoms with van der Waals surface area (Å²) < 4.78 is 53.7. The number of hydrogen-bond donors (Lipinski definition) is 1.